The lowest BCUT2D eigenvalue weighted by Crippen LogP contribution is -2.10. The van der Waals surface area contributed by atoms with E-state index in [9.17, 15) is 24.3 Å². The lowest BCUT2D eigenvalue weighted by Gasteiger charge is -2.08. The predicted molar refractivity (Wildman–Crippen MR) is 79.9 cm³/mol. The van der Waals surface area contributed by atoms with Crippen molar-refractivity contribution in [2.75, 3.05) is 7.11 Å². The number of carbonyl (C=O) groups is 4. The minimum absolute atomic E-state index is 0.0792. The van der Waals surface area contributed by atoms with Crippen molar-refractivity contribution < 1.29 is 33.8 Å². The first kappa shape index (κ1) is 15.4. The average Bonchev–Trinajstić information content (AvgIpc) is 2.87. The fourth-order valence-corrected chi connectivity index (χ4v) is 2.45. The zero-order valence-corrected chi connectivity index (χ0v) is 12.4. The molecule has 1 aliphatic heterocycles. The van der Waals surface area contributed by atoms with Crippen molar-refractivity contribution in [1.29, 1.82) is 0 Å². The number of cyclic esters (lactones) is 2. The van der Waals surface area contributed by atoms with E-state index in [1.165, 1.54) is 30.3 Å². The number of hydrogen-bond donors (Lipinski definition) is 1. The van der Waals surface area contributed by atoms with Crippen LogP contribution in [0.2, 0.25) is 0 Å². The number of ether oxygens (including phenoxy) is 2. The van der Waals surface area contributed by atoms with Crippen LogP contribution in [0.15, 0.2) is 36.4 Å². The standard InChI is InChI=1S/C17H10O7/c1-23-15(20)10-4-2-8(6-12(10)14(18)19)9-3-5-11-13(7-9)17(22)24-16(11)21/h2-7H,1H3,(H,18,19). The summed E-state index contributed by atoms with van der Waals surface area (Å²) in [5, 5.41) is 9.29. The molecule has 0 spiro atoms. The first-order chi connectivity index (χ1) is 11.4. The fraction of sp³-hybridized carbons (Fsp3) is 0.0588. The molecule has 0 amide bonds. The van der Waals surface area contributed by atoms with Gasteiger partial charge < -0.3 is 14.6 Å². The zero-order valence-electron chi connectivity index (χ0n) is 12.4. The van der Waals surface area contributed by atoms with Gasteiger partial charge in [0.15, 0.2) is 0 Å². The largest absolute Gasteiger partial charge is 0.478 e. The summed E-state index contributed by atoms with van der Waals surface area (Å²) in [6, 6.07) is 8.62. The summed E-state index contributed by atoms with van der Waals surface area (Å²) in [7, 11) is 1.16. The molecule has 2 aromatic rings. The molecule has 1 heterocycles. The van der Waals surface area contributed by atoms with Crippen molar-refractivity contribution in [2.45, 2.75) is 0 Å². The summed E-state index contributed by atoms with van der Waals surface area (Å²) >= 11 is 0. The molecule has 0 unspecified atom stereocenters. The van der Waals surface area contributed by atoms with E-state index in [-0.39, 0.29) is 22.3 Å². The molecule has 0 fully saturated rings. The van der Waals surface area contributed by atoms with Crippen molar-refractivity contribution in [3.8, 4) is 11.1 Å². The van der Waals surface area contributed by atoms with Crippen LogP contribution in [0, 0.1) is 0 Å². The van der Waals surface area contributed by atoms with Gasteiger partial charge in [-0.3, -0.25) is 0 Å². The molecule has 0 aliphatic carbocycles. The van der Waals surface area contributed by atoms with E-state index in [4.69, 9.17) is 0 Å². The summed E-state index contributed by atoms with van der Waals surface area (Å²) in [6.07, 6.45) is 0. The highest BCUT2D eigenvalue weighted by atomic mass is 16.6. The Morgan fingerprint density at radius 2 is 1.54 bits per heavy atom. The molecule has 1 N–H and O–H groups in total. The number of hydrogen-bond acceptors (Lipinski definition) is 6. The number of benzene rings is 2. The summed E-state index contributed by atoms with van der Waals surface area (Å²) in [6.45, 7) is 0. The number of carbonyl (C=O) groups excluding carboxylic acids is 3. The Labute approximate surface area is 135 Å². The van der Waals surface area contributed by atoms with Crippen LogP contribution in [0.5, 0.6) is 0 Å². The van der Waals surface area contributed by atoms with Crippen LogP contribution in [0.4, 0.5) is 0 Å². The normalized spacial score (nSPS) is 12.5. The molecule has 0 atom stereocenters. The van der Waals surface area contributed by atoms with Gasteiger partial charge in [-0.05, 0) is 35.4 Å². The highest BCUT2D eigenvalue weighted by Crippen LogP contribution is 2.28. The molecule has 120 valence electrons. The van der Waals surface area contributed by atoms with Gasteiger partial charge >= 0.3 is 23.9 Å². The van der Waals surface area contributed by atoms with Crippen LogP contribution >= 0.6 is 0 Å². The molecule has 2 aromatic carbocycles. The van der Waals surface area contributed by atoms with Gasteiger partial charge in [-0.25, -0.2) is 19.2 Å². The third-order valence-electron chi connectivity index (χ3n) is 3.63. The zero-order chi connectivity index (χ0) is 17.4. The smallest absolute Gasteiger partial charge is 0.346 e. The Bertz CT molecular complexity index is 911. The maximum absolute atomic E-state index is 11.6. The van der Waals surface area contributed by atoms with Gasteiger partial charge in [-0.1, -0.05) is 12.1 Å². The SMILES string of the molecule is COC(=O)c1ccc(-c2ccc3c(c2)C(=O)OC3=O)cc1C(=O)O. The maximum atomic E-state index is 11.6. The lowest BCUT2D eigenvalue weighted by atomic mass is 9.96. The van der Waals surface area contributed by atoms with Gasteiger partial charge in [-0.15, -0.1) is 0 Å². The Hall–Kier alpha value is -3.48. The third kappa shape index (κ3) is 2.41. The quantitative estimate of drug-likeness (QED) is 0.680. The number of aromatic carboxylic acids is 1. The van der Waals surface area contributed by atoms with Gasteiger partial charge in [0.2, 0.25) is 0 Å². The van der Waals surface area contributed by atoms with Crippen molar-refractivity contribution in [3.05, 3.63) is 58.7 Å². The summed E-state index contributed by atoms with van der Waals surface area (Å²) in [5.41, 5.74) is 0.956. The molecule has 1 aliphatic rings. The van der Waals surface area contributed by atoms with E-state index in [1.807, 2.05) is 0 Å². The summed E-state index contributed by atoms with van der Waals surface area (Å²) < 4.78 is 9.07. The van der Waals surface area contributed by atoms with E-state index in [2.05, 4.69) is 9.47 Å². The minimum atomic E-state index is -1.28. The maximum Gasteiger partial charge on any atom is 0.346 e. The van der Waals surface area contributed by atoms with Crippen LogP contribution in [-0.2, 0) is 9.47 Å². The van der Waals surface area contributed by atoms with Crippen molar-refractivity contribution in [2.24, 2.45) is 0 Å². The second kappa shape index (κ2) is 5.62. The van der Waals surface area contributed by atoms with E-state index in [0.29, 0.717) is 11.1 Å². The minimum Gasteiger partial charge on any atom is -0.478 e. The molecule has 0 saturated heterocycles. The average molecular weight is 326 g/mol. The first-order valence-corrected chi connectivity index (χ1v) is 6.79. The number of carboxylic acids is 1. The molecule has 3 rings (SSSR count). The highest BCUT2D eigenvalue weighted by Gasteiger charge is 2.29. The summed E-state index contributed by atoms with van der Waals surface area (Å²) in [5.74, 6) is -3.51. The molecule has 0 bridgehead atoms. The fourth-order valence-electron chi connectivity index (χ4n) is 2.45. The lowest BCUT2D eigenvalue weighted by molar-refractivity contribution is 0.0442. The number of rotatable bonds is 3. The predicted octanol–water partition coefficient (Wildman–Crippen LogP) is 2.15. The first-order valence-electron chi connectivity index (χ1n) is 6.79. The van der Waals surface area contributed by atoms with Crippen LogP contribution < -0.4 is 0 Å². The molecule has 7 heteroatoms. The van der Waals surface area contributed by atoms with Crippen molar-refractivity contribution in [3.63, 3.8) is 0 Å². The van der Waals surface area contributed by atoms with Gasteiger partial charge in [0, 0.05) is 0 Å². The van der Waals surface area contributed by atoms with Crippen LogP contribution in [0.25, 0.3) is 11.1 Å². The molecule has 7 nitrogen and oxygen atoms in total. The number of fused-ring (bicyclic) bond motifs is 1. The van der Waals surface area contributed by atoms with Gasteiger partial charge in [-0.2, -0.15) is 0 Å². The molecular formula is C17H10O7. The van der Waals surface area contributed by atoms with Crippen molar-refractivity contribution in [1.82, 2.24) is 0 Å². The molecule has 0 saturated carbocycles. The highest BCUT2D eigenvalue weighted by molar-refractivity contribution is 6.15. The van der Waals surface area contributed by atoms with Crippen LogP contribution in [0.3, 0.4) is 0 Å². The third-order valence-corrected chi connectivity index (χ3v) is 3.63. The van der Waals surface area contributed by atoms with E-state index in [1.54, 1.807) is 6.07 Å². The van der Waals surface area contributed by atoms with E-state index in [0.717, 1.165) is 7.11 Å². The van der Waals surface area contributed by atoms with Crippen molar-refractivity contribution >= 4 is 23.9 Å². The monoisotopic (exact) mass is 326 g/mol. The van der Waals surface area contributed by atoms with Crippen LogP contribution in [0.1, 0.15) is 41.4 Å². The molecule has 0 aromatic heterocycles. The Morgan fingerprint density at radius 3 is 2.21 bits per heavy atom. The Kier molecular flexibility index (Phi) is 3.61. The number of esters is 3. The molecule has 24 heavy (non-hydrogen) atoms. The summed E-state index contributed by atoms with van der Waals surface area (Å²) in [4.78, 5) is 46.1. The van der Waals surface area contributed by atoms with E-state index < -0.39 is 23.9 Å². The van der Waals surface area contributed by atoms with E-state index >= 15 is 0 Å². The number of methoxy groups -OCH3 is 1. The topological polar surface area (TPSA) is 107 Å². The van der Waals surface area contributed by atoms with Gasteiger partial charge in [0.05, 0.1) is 29.4 Å². The molecular weight excluding hydrogens is 316 g/mol. The second-order valence-electron chi connectivity index (χ2n) is 4.99. The Balaban J connectivity index is 2.11. The number of carboxylic acid groups (broad SMARTS) is 1. The van der Waals surface area contributed by atoms with Gasteiger partial charge in [0.1, 0.15) is 0 Å². The van der Waals surface area contributed by atoms with Gasteiger partial charge in [0.25, 0.3) is 0 Å². The second-order valence-corrected chi connectivity index (χ2v) is 4.99. The Morgan fingerprint density at radius 1 is 0.917 bits per heavy atom. The molecule has 0 radical (unpaired) electrons. The van der Waals surface area contributed by atoms with Crippen LogP contribution in [-0.4, -0.2) is 36.1 Å².